The fourth-order valence-corrected chi connectivity index (χ4v) is 2.55. The first-order chi connectivity index (χ1) is 9.63. The van der Waals surface area contributed by atoms with E-state index in [1.165, 1.54) is 12.1 Å². The molecule has 2 aromatic carbocycles. The summed E-state index contributed by atoms with van der Waals surface area (Å²) in [6.45, 7) is 0.716. The molecule has 0 radical (unpaired) electrons. The van der Waals surface area contributed by atoms with E-state index in [0.717, 1.165) is 10.0 Å². The maximum Gasteiger partial charge on any atom is 0.231 e. The number of phenolic OH excluding ortho intramolecular Hbond substituents is 1. The van der Waals surface area contributed by atoms with Crippen LogP contribution in [0.5, 0.6) is 17.2 Å². The van der Waals surface area contributed by atoms with Crippen LogP contribution < -0.4 is 14.8 Å². The summed E-state index contributed by atoms with van der Waals surface area (Å²) in [6.07, 6.45) is 0. The van der Waals surface area contributed by atoms with Crippen LogP contribution in [0, 0.1) is 5.82 Å². The first kappa shape index (κ1) is 13.1. The second-order valence-electron chi connectivity index (χ2n) is 4.33. The lowest BCUT2D eigenvalue weighted by atomic mass is 10.2. The summed E-state index contributed by atoms with van der Waals surface area (Å²) >= 11 is 3.42. The molecule has 1 aliphatic heterocycles. The van der Waals surface area contributed by atoms with Gasteiger partial charge in [0.2, 0.25) is 6.79 Å². The molecule has 20 heavy (non-hydrogen) atoms. The van der Waals surface area contributed by atoms with Crippen LogP contribution >= 0.6 is 15.9 Å². The van der Waals surface area contributed by atoms with Gasteiger partial charge in [-0.25, -0.2) is 4.39 Å². The molecule has 0 bridgehead atoms. The van der Waals surface area contributed by atoms with Crippen LogP contribution in [0.1, 0.15) is 5.56 Å². The Morgan fingerprint density at radius 1 is 1.25 bits per heavy atom. The van der Waals surface area contributed by atoms with E-state index >= 15 is 0 Å². The van der Waals surface area contributed by atoms with Gasteiger partial charge in [0.1, 0.15) is 0 Å². The Hall–Kier alpha value is -1.95. The van der Waals surface area contributed by atoms with Gasteiger partial charge in [0.15, 0.2) is 23.1 Å². The minimum absolute atomic E-state index is 0.216. The van der Waals surface area contributed by atoms with Crippen molar-refractivity contribution in [1.29, 1.82) is 0 Å². The number of rotatable bonds is 3. The molecule has 104 valence electrons. The zero-order valence-electron chi connectivity index (χ0n) is 10.3. The van der Waals surface area contributed by atoms with Crippen LogP contribution in [0.2, 0.25) is 0 Å². The lowest BCUT2D eigenvalue weighted by molar-refractivity contribution is 0.173. The number of aromatic hydroxyl groups is 1. The molecule has 1 aliphatic rings. The van der Waals surface area contributed by atoms with Gasteiger partial charge in [-0.05, 0) is 45.8 Å². The Morgan fingerprint density at radius 3 is 2.90 bits per heavy atom. The maximum absolute atomic E-state index is 13.2. The second kappa shape index (κ2) is 5.20. The summed E-state index contributed by atoms with van der Waals surface area (Å²) in [5.74, 6) is 0.376. The van der Waals surface area contributed by atoms with E-state index in [1.54, 1.807) is 6.07 Å². The Bertz CT molecular complexity index is 663. The maximum atomic E-state index is 13.2. The number of anilines is 1. The third-order valence-electron chi connectivity index (χ3n) is 2.93. The number of fused-ring (bicyclic) bond motifs is 1. The highest BCUT2D eigenvalue weighted by molar-refractivity contribution is 9.10. The molecule has 3 rings (SSSR count). The van der Waals surface area contributed by atoms with E-state index in [4.69, 9.17) is 14.6 Å². The van der Waals surface area contributed by atoms with Crippen LogP contribution in [0.3, 0.4) is 0 Å². The summed E-state index contributed by atoms with van der Waals surface area (Å²) in [7, 11) is 0. The van der Waals surface area contributed by atoms with Crippen LogP contribution in [-0.4, -0.2) is 11.9 Å². The van der Waals surface area contributed by atoms with Crippen LogP contribution in [0.4, 0.5) is 10.1 Å². The predicted octanol–water partition coefficient (Wildman–Crippen LogP) is 3.63. The molecule has 0 aliphatic carbocycles. The fraction of sp³-hybridized carbons (Fsp3) is 0.143. The van der Waals surface area contributed by atoms with Crippen LogP contribution in [0.15, 0.2) is 34.8 Å². The average molecular weight is 340 g/mol. The van der Waals surface area contributed by atoms with Crippen molar-refractivity contribution in [1.82, 2.24) is 0 Å². The summed E-state index contributed by atoms with van der Waals surface area (Å²) < 4.78 is 24.7. The number of phenols is 1. The highest BCUT2D eigenvalue weighted by atomic mass is 79.9. The monoisotopic (exact) mass is 339 g/mol. The largest absolute Gasteiger partial charge is 0.505 e. The van der Waals surface area contributed by atoms with Gasteiger partial charge in [0, 0.05) is 18.3 Å². The first-order valence-corrected chi connectivity index (χ1v) is 6.73. The molecule has 4 nitrogen and oxygen atoms in total. The van der Waals surface area contributed by atoms with Crippen LogP contribution in [-0.2, 0) is 6.54 Å². The zero-order valence-corrected chi connectivity index (χ0v) is 11.9. The molecule has 6 heteroatoms. The van der Waals surface area contributed by atoms with Crippen molar-refractivity contribution < 1.29 is 19.0 Å². The molecule has 0 atom stereocenters. The van der Waals surface area contributed by atoms with Gasteiger partial charge in [0.25, 0.3) is 0 Å². The lowest BCUT2D eigenvalue weighted by Gasteiger charge is -2.09. The van der Waals surface area contributed by atoms with E-state index in [-0.39, 0.29) is 12.5 Å². The second-order valence-corrected chi connectivity index (χ2v) is 5.19. The molecule has 0 saturated heterocycles. The number of halogens is 2. The van der Waals surface area contributed by atoms with E-state index in [2.05, 4.69) is 21.2 Å². The van der Waals surface area contributed by atoms with Crippen molar-refractivity contribution in [2.24, 2.45) is 0 Å². The SMILES string of the molecule is Oc1ccc(NCc2cc(Br)c3c(c2)OCO3)cc1F. The molecule has 0 aromatic heterocycles. The van der Waals surface area contributed by atoms with Gasteiger partial charge < -0.3 is 19.9 Å². The molecule has 0 spiro atoms. The summed E-state index contributed by atoms with van der Waals surface area (Å²) in [5, 5.41) is 12.2. The predicted molar refractivity (Wildman–Crippen MR) is 75.7 cm³/mol. The number of ether oxygens (including phenoxy) is 2. The number of nitrogens with one attached hydrogen (secondary N) is 1. The number of benzene rings is 2. The van der Waals surface area contributed by atoms with Crippen molar-refractivity contribution in [3.63, 3.8) is 0 Å². The van der Waals surface area contributed by atoms with Crippen molar-refractivity contribution in [2.45, 2.75) is 6.54 Å². The summed E-state index contributed by atoms with van der Waals surface area (Å²) in [4.78, 5) is 0. The van der Waals surface area contributed by atoms with E-state index in [0.29, 0.717) is 23.7 Å². The third-order valence-corrected chi connectivity index (χ3v) is 3.52. The van der Waals surface area contributed by atoms with Crippen molar-refractivity contribution in [3.05, 3.63) is 46.2 Å². The van der Waals surface area contributed by atoms with Gasteiger partial charge in [-0.1, -0.05) is 0 Å². The van der Waals surface area contributed by atoms with Gasteiger partial charge in [0.05, 0.1) is 4.47 Å². The van der Waals surface area contributed by atoms with Crippen molar-refractivity contribution in [3.8, 4) is 17.2 Å². The first-order valence-electron chi connectivity index (χ1n) is 5.94. The van der Waals surface area contributed by atoms with Gasteiger partial charge in [-0.15, -0.1) is 0 Å². The molecule has 0 unspecified atom stereocenters. The topological polar surface area (TPSA) is 50.7 Å². The van der Waals surface area contributed by atoms with Gasteiger partial charge in [-0.3, -0.25) is 0 Å². The summed E-state index contributed by atoms with van der Waals surface area (Å²) in [6, 6.07) is 7.96. The summed E-state index contributed by atoms with van der Waals surface area (Å²) in [5.41, 5.74) is 1.56. The van der Waals surface area contributed by atoms with Crippen molar-refractivity contribution >= 4 is 21.6 Å². The van der Waals surface area contributed by atoms with Gasteiger partial charge >= 0.3 is 0 Å². The Labute approximate surface area is 123 Å². The molecule has 0 fully saturated rings. The van der Waals surface area contributed by atoms with Crippen LogP contribution in [0.25, 0.3) is 0 Å². The molecule has 0 amide bonds. The van der Waals surface area contributed by atoms with Gasteiger partial charge in [-0.2, -0.15) is 0 Å². The highest BCUT2D eigenvalue weighted by Crippen LogP contribution is 2.40. The van der Waals surface area contributed by atoms with E-state index < -0.39 is 5.82 Å². The Balaban J connectivity index is 1.75. The number of hydrogen-bond acceptors (Lipinski definition) is 4. The molecule has 1 heterocycles. The number of hydrogen-bond donors (Lipinski definition) is 2. The lowest BCUT2D eigenvalue weighted by Crippen LogP contribution is -2.00. The highest BCUT2D eigenvalue weighted by Gasteiger charge is 2.17. The minimum atomic E-state index is -0.651. The minimum Gasteiger partial charge on any atom is -0.505 e. The molecular formula is C14H11BrFNO3. The van der Waals surface area contributed by atoms with E-state index in [9.17, 15) is 4.39 Å². The quantitative estimate of drug-likeness (QED) is 0.838. The molecule has 2 aromatic rings. The molecule has 0 saturated carbocycles. The Morgan fingerprint density at radius 2 is 2.10 bits per heavy atom. The fourth-order valence-electron chi connectivity index (χ4n) is 1.94. The molecular weight excluding hydrogens is 329 g/mol. The standard InChI is InChI=1S/C14H11BrFNO3/c15-10-3-8(4-13-14(10)20-7-19-13)6-17-9-1-2-12(18)11(16)5-9/h1-5,17-18H,6-7H2. The smallest absolute Gasteiger partial charge is 0.231 e. The normalized spacial score (nSPS) is 12.5. The van der Waals surface area contributed by atoms with E-state index in [1.807, 2.05) is 12.1 Å². The zero-order chi connectivity index (χ0) is 14.1. The Kier molecular flexibility index (Phi) is 3.40. The molecule has 2 N–H and O–H groups in total. The third kappa shape index (κ3) is 2.51. The average Bonchev–Trinajstić information content (AvgIpc) is 2.89. The van der Waals surface area contributed by atoms with Crippen molar-refractivity contribution in [2.75, 3.05) is 12.1 Å².